The first-order chi connectivity index (χ1) is 10.1. The number of hydrogen-bond acceptors (Lipinski definition) is 3. The van der Waals surface area contributed by atoms with Crippen molar-refractivity contribution in [1.82, 2.24) is 4.90 Å². The van der Waals surface area contributed by atoms with Gasteiger partial charge in [0.1, 0.15) is 0 Å². The van der Waals surface area contributed by atoms with E-state index < -0.39 is 0 Å². The van der Waals surface area contributed by atoms with Crippen molar-refractivity contribution in [2.75, 3.05) is 19.6 Å². The number of hydrogen-bond donors (Lipinski definition) is 0. The van der Waals surface area contributed by atoms with Crippen molar-refractivity contribution in [2.45, 2.75) is 97.6 Å². The van der Waals surface area contributed by atoms with Crippen LogP contribution in [0.2, 0.25) is 0 Å². The molecule has 0 atom stereocenters. The summed E-state index contributed by atoms with van der Waals surface area (Å²) in [7, 11) is 0. The Morgan fingerprint density at radius 2 is 1.45 bits per heavy atom. The van der Waals surface area contributed by atoms with Gasteiger partial charge in [-0.2, -0.15) is 0 Å². The summed E-state index contributed by atoms with van der Waals surface area (Å²) in [4.78, 5) is 2.61. The molecule has 0 aromatic heterocycles. The molecule has 1 aliphatic carbocycles. The van der Waals surface area contributed by atoms with Crippen LogP contribution in [0.3, 0.4) is 0 Å². The van der Waals surface area contributed by atoms with Crippen molar-refractivity contribution < 1.29 is 9.47 Å². The SMILES string of the molecule is CC(C)(C)CCN1CCC(O[C@H]2C[C@H](OC(C)(C)C)C2)CC1. The van der Waals surface area contributed by atoms with Crippen molar-refractivity contribution in [2.24, 2.45) is 5.41 Å². The maximum Gasteiger partial charge on any atom is 0.0631 e. The standard InChI is InChI=1S/C19H37NO2/c1-18(2,3)9-12-20-10-7-15(8-11-20)21-16-13-17(14-16)22-19(4,5)6/h15-17H,7-14H2,1-6H3/t16-,17-. The van der Waals surface area contributed by atoms with Gasteiger partial charge in [0.2, 0.25) is 0 Å². The second kappa shape index (κ2) is 7.19. The summed E-state index contributed by atoms with van der Waals surface area (Å²) in [6, 6.07) is 0. The minimum Gasteiger partial charge on any atom is -0.375 e. The Balaban J connectivity index is 1.57. The molecule has 2 aliphatic rings. The highest BCUT2D eigenvalue weighted by Crippen LogP contribution is 2.32. The molecule has 2 rings (SSSR count). The minimum absolute atomic E-state index is 0.0198. The molecule has 1 heterocycles. The number of piperidine rings is 1. The maximum absolute atomic E-state index is 6.26. The third-order valence-electron chi connectivity index (χ3n) is 4.67. The van der Waals surface area contributed by atoms with E-state index in [1.54, 1.807) is 0 Å². The largest absolute Gasteiger partial charge is 0.375 e. The van der Waals surface area contributed by atoms with Crippen LogP contribution < -0.4 is 0 Å². The van der Waals surface area contributed by atoms with Gasteiger partial charge in [0, 0.05) is 13.1 Å². The van der Waals surface area contributed by atoms with Crippen LogP contribution in [0.1, 0.15) is 73.6 Å². The first kappa shape index (κ1) is 18.2. The Bertz CT molecular complexity index is 328. The third-order valence-corrected chi connectivity index (χ3v) is 4.67. The van der Waals surface area contributed by atoms with E-state index in [1.165, 1.54) is 38.9 Å². The highest BCUT2D eigenvalue weighted by atomic mass is 16.5. The summed E-state index contributed by atoms with van der Waals surface area (Å²) in [5, 5.41) is 0. The molecule has 2 fully saturated rings. The van der Waals surface area contributed by atoms with Crippen LogP contribution in [0.4, 0.5) is 0 Å². The van der Waals surface area contributed by atoms with Crippen molar-refractivity contribution >= 4 is 0 Å². The smallest absolute Gasteiger partial charge is 0.0631 e. The zero-order chi connectivity index (χ0) is 16.4. The maximum atomic E-state index is 6.26. The Labute approximate surface area is 137 Å². The molecule has 1 saturated carbocycles. The van der Waals surface area contributed by atoms with Crippen LogP contribution in [-0.2, 0) is 9.47 Å². The van der Waals surface area contributed by atoms with Gasteiger partial charge < -0.3 is 14.4 Å². The molecule has 0 unspecified atom stereocenters. The van der Waals surface area contributed by atoms with E-state index in [0.717, 1.165) is 12.8 Å². The molecular formula is C19H37NO2. The third kappa shape index (κ3) is 6.55. The molecule has 3 heteroatoms. The lowest BCUT2D eigenvalue weighted by atomic mass is 9.90. The predicted molar refractivity (Wildman–Crippen MR) is 92.3 cm³/mol. The molecule has 3 nitrogen and oxygen atoms in total. The molecule has 0 aromatic carbocycles. The van der Waals surface area contributed by atoms with E-state index in [0.29, 0.717) is 23.7 Å². The van der Waals surface area contributed by atoms with Crippen LogP contribution in [0.5, 0.6) is 0 Å². The number of ether oxygens (including phenoxy) is 2. The summed E-state index contributed by atoms with van der Waals surface area (Å²) in [5.41, 5.74) is 0.426. The Morgan fingerprint density at radius 3 is 1.95 bits per heavy atom. The second-order valence-corrected chi connectivity index (χ2v) is 9.43. The minimum atomic E-state index is -0.0198. The second-order valence-electron chi connectivity index (χ2n) is 9.43. The van der Waals surface area contributed by atoms with Gasteiger partial charge in [-0.3, -0.25) is 0 Å². The zero-order valence-electron chi connectivity index (χ0n) is 15.7. The van der Waals surface area contributed by atoms with Crippen LogP contribution in [-0.4, -0.2) is 48.4 Å². The molecule has 1 aliphatic heterocycles. The molecule has 0 N–H and O–H groups in total. The highest BCUT2D eigenvalue weighted by Gasteiger charge is 2.35. The Morgan fingerprint density at radius 1 is 0.864 bits per heavy atom. The van der Waals surface area contributed by atoms with Gasteiger partial charge in [-0.15, -0.1) is 0 Å². The van der Waals surface area contributed by atoms with Crippen molar-refractivity contribution in [3.63, 3.8) is 0 Å². The Hall–Kier alpha value is -0.120. The van der Waals surface area contributed by atoms with Gasteiger partial charge in [-0.1, -0.05) is 20.8 Å². The van der Waals surface area contributed by atoms with E-state index in [1.807, 2.05) is 0 Å². The monoisotopic (exact) mass is 311 g/mol. The molecule has 0 bridgehead atoms. The molecular weight excluding hydrogens is 274 g/mol. The predicted octanol–water partition coefficient (Wildman–Crippen LogP) is 4.25. The molecule has 0 radical (unpaired) electrons. The number of rotatable bonds is 5. The van der Waals surface area contributed by atoms with E-state index in [2.05, 4.69) is 46.4 Å². The summed E-state index contributed by atoms with van der Waals surface area (Å²) >= 11 is 0. The molecule has 0 aromatic rings. The lowest BCUT2D eigenvalue weighted by Gasteiger charge is -2.42. The normalized spacial score (nSPS) is 28.6. The van der Waals surface area contributed by atoms with Crippen LogP contribution in [0, 0.1) is 5.41 Å². The fourth-order valence-corrected chi connectivity index (χ4v) is 3.26. The molecule has 22 heavy (non-hydrogen) atoms. The molecule has 0 spiro atoms. The summed E-state index contributed by atoms with van der Waals surface area (Å²) in [6.45, 7) is 17.0. The van der Waals surface area contributed by atoms with Crippen molar-refractivity contribution in [3.05, 3.63) is 0 Å². The van der Waals surface area contributed by atoms with Gasteiger partial charge in [0.15, 0.2) is 0 Å². The summed E-state index contributed by atoms with van der Waals surface area (Å²) < 4.78 is 12.2. The number of likely N-dealkylation sites (tertiary alicyclic amines) is 1. The van der Waals surface area contributed by atoms with Gasteiger partial charge in [0.05, 0.1) is 23.9 Å². The van der Waals surface area contributed by atoms with Crippen LogP contribution >= 0.6 is 0 Å². The van der Waals surface area contributed by atoms with Gasteiger partial charge >= 0.3 is 0 Å². The van der Waals surface area contributed by atoms with E-state index in [9.17, 15) is 0 Å². The average molecular weight is 312 g/mol. The zero-order valence-corrected chi connectivity index (χ0v) is 15.7. The molecule has 0 amide bonds. The van der Waals surface area contributed by atoms with Gasteiger partial charge in [-0.05, 0) is 64.8 Å². The van der Waals surface area contributed by atoms with Crippen molar-refractivity contribution in [3.8, 4) is 0 Å². The average Bonchev–Trinajstić information content (AvgIpc) is 2.33. The van der Waals surface area contributed by atoms with E-state index in [-0.39, 0.29) is 5.60 Å². The van der Waals surface area contributed by atoms with Crippen LogP contribution in [0.15, 0.2) is 0 Å². The first-order valence-electron chi connectivity index (χ1n) is 9.16. The fraction of sp³-hybridized carbons (Fsp3) is 1.00. The van der Waals surface area contributed by atoms with E-state index >= 15 is 0 Å². The summed E-state index contributed by atoms with van der Waals surface area (Å²) in [5.74, 6) is 0. The topological polar surface area (TPSA) is 21.7 Å². The Kier molecular flexibility index (Phi) is 5.95. The highest BCUT2D eigenvalue weighted by molar-refractivity contribution is 4.85. The quantitative estimate of drug-likeness (QED) is 0.757. The van der Waals surface area contributed by atoms with Crippen LogP contribution in [0.25, 0.3) is 0 Å². The summed E-state index contributed by atoms with van der Waals surface area (Å²) in [6.07, 6.45) is 7.19. The first-order valence-corrected chi connectivity index (χ1v) is 9.16. The molecule has 130 valence electrons. The lowest BCUT2D eigenvalue weighted by molar-refractivity contribution is -0.167. The molecule has 1 saturated heterocycles. The van der Waals surface area contributed by atoms with Gasteiger partial charge in [0.25, 0.3) is 0 Å². The van der Waals surface area contributed by atoms with Crippen molar-refractivity contribution in [1.29, 1.82) is 0 Å². The number of nitrogens with zero attached hydrogens (tertiary/aromatic N) is 1. The fourth-order valence-electron chi connectivity index (χ4n) is 3.26. The van der Waals surface area contributed by atoms with E-state index in [4.69, 9.17) is 9.47 Å². The lowest BCUT2D eigenvalue weighted by Crippen LogP contribution is -2.45. The van der Waals surface area contributed by atoms with Gasteiger partial charge in [-0.25, -0.2) is 0 Å².